The van der Waals surface area contributed by atoms with Crippen LogP contribution in [0, 0.1) is 11.3 Å². The number of hydrogen-bond acceptors (Lipinski definition) is 3. The molecule has 1 aromatic carbocycles. The lowest BCUT2D eigenvalue weighted by Crippen LogP contribution is -2.14. The molecule has 0 saturated heterocycles. The summed E-state index contributed by atoms with van der Waals surface area (Å²) in [7, 11) is 0. The summed E-state index contributed by atoms with van der Waals surface area (Å²) < 4.78 is 0. The summed E-state index contributed by atoms with van der Waals surface area (Å²) in [5.41, 5.74) is 1.30. The summed E-state index contributed by atoms with van der Waals surface area (Å²) in [6, 6.07) is 10.8. The monoisotopic (exact) mass is 234 g/mol. The molecule has 0 amide bonds. The molecule has 16 heavy (non-hydrogen) atoms. The van der Waals surface area contributed by atoms with Crippen LogP contribution in [0.25, 0.3) is 0 Å². The van der Waals surface area contributed by atoms with Crippen LogP contribution in [0.1, 0.15) is 25.3 Å². The molecule has 3 heteroatoms. The van der Waals surface area contributed by atoms with E-state index >= 15 is 0 Å². The first-order valence-electron chi connectivity index (χ1n) is 5.66. The Kier molecular flexibility index (Phi) is 6.71. The summed E-state index contributed by atoms with van der Waals surface area (Å²) in [5.74, 6) is 1.12. The van der Waals surface area contributed by atoms with Gasteiger partial charge in [0.1, 0.15) is 0 Å². The molecule has 0 unspecified atom stereocenters. The Morgan fingerprint density at radius 3 is 2.69 bits per heavy atom. The van der Waals surface area contributed by atoms with Gasteiger partial charge in [-0.15, -0.1) is 11.8 Å². The highest BCUT2D eigenvalue weighted by Crippen LogP contribution is 2.17. The van der Waals surface area contributed by atoms with E-state index in [4.69, 9.17) is 5.26 Å². The van der Waals surface area contributed by atoms with E-state index in [0.29, 0.717) is 6.42 Å². The van der Waals surface area contributed by atoms with Gasteiger partial charge in [-0.05, 0) is 36.4 Å². The zero-order chi connectivity index (χ0) is 11.6. The molecule has 0 fully saturated rings. The molecule has 0 heterocycles. The smallest absolute Gasteiger partial charge is 0.0622 e. The van der Waals surface area contributed by atoms with Crippen LogP contribution in [-0.2, 0) is 6.54 Å². The highest BCUT2D eigenvalue weighted by Gasteiger charge is 1.94. The first kappa shape index (κ1) is 13.1. The number of thioether (sulfide) groups is 1. The maximum atomic E-state index is 8.38. The minimum Gasteiger partial charge on any atom is -0.313 e. The van der Waals surface area contributed by atoms with E-state index in [1.54, 1.807) is 0 Å². The Hall–Kier alpha value is -0.980. The highest BCUT2D eigenvalue weighted by molar-refractivity contribution is 7.99. The second-order valence-corrected chi connectivity index (χ2v) is 4.85. The summed E-state index contributed by atoms with van der Waals surface area (Å²) in [5, 5.41) is 11.7. The molecule has 1 aromatic rings. The van der Waals surface area contributed by atoms with Gasteiger partial charge in [0.25, 0.3) is 0 Å². The van der Waals surface area contributed by atoms with Gasteiger partial charge in [-0.2, -0.15) is 5.26 Å². The molecule has 0 spiro atoms. The van der Waals surface area contributed by atoms with E-state index in [1.165, 1.54) is 10.5 Å². The van der Waals surface area contributed by atoms with Gasteiger partial charge in [-0.1, -0.05) is 19.1 Å². The average molecular weight is 234 g/mol. The molecule has 1 rings (SSSR count). The van der Waals surface area contributed by atoms with Gasteiger partial charge in [0, 0.05) is 17.9 Å². The minimum atomic E-state index is 0.638. The largest absolute Gasteiger partial charge is 0.313 e. The van der Waals surface area contributed by atoms with Crippen LogP contribution in [0.5, 0.6) is 0 Å². The number of rotatable bonds is 7. The van der Waals surface area contributed by atoms with Crippen molar-refractivity contribution in [2.24, 2.45) is 0 Å². The number of benzene rings is 1. The third-order valence-electron chi connectivity index (χ3n) is 2.21. The van der Waals surface area contributed by atoms with Gasteiger partial charge in [0.05, 0.1) is 6.07 Å². The third-order valence-corrected chi connectivity index (χ3v) is 3.10. The van der Waals surface area contributed by atoms with Crippen LogP contribution in [0.15, 0.2) is 29.2 Å². The molecule has 0 aliphatic carbocycles. The molecule has 0 aliphatic heterocycles. The van der Waals surface area contributed by atoms with Crippen molar-refractivity contribution in [2.75, 3.05) is 12.3 Å². The quantitative estimate of drug-likeness (QED) is 0.581. The van der Waals surface area contributed by atoms with Crippen LogP contribution in [-0.4, -0.2) is 12.3 Å². The second-order valence-electron chi connectivity index (χ2n) is 3.52. The van der Waals surface area contributed by atoms with E-state index in [2.05, 4.69) is 42.6 Å². The third kappa shape index (κ3) is 5.20. The van der Waals surface area contributed by atoms with Crippen LogP contribution >= 0.6 is 11.8 Å². The van der Waals surface area contributed by atoms with Crippen molar-refractivity contribution in [3.05, 3.63) is 29.8 Å². The average Bonchev–Trinajstić information content (AvgIpc) is 2.31. The fraction of sp³-hybridized carbons (Fsp3) is 0.462. The molecule has 0 bridgehead atoms. The lowest BCUT2D eigenvalue weighted by Gasteiger charge is -2.04. The Morgan fingerprint density at radius 2 is 2.06 bits per heavy atom. The number of nitriles is 1. The van der Waals surface area contributed by atoms with E-state index < -0.39 is 0 Å². The van der Waals surface area contributed by atoms with Crippen LogP contribution in [0.3, 0.4) is 0 Å². The normalized spacial score (nSPS) is 10.0. The fourth-order valence-corrected chi connectivity index (χ4v) is 2.06. The number of nitrogens with zero attached hydrogens (tertiary/aromatic N) is 1. The van der Waals surface area contributed by atoms with Gasteiger partial charge in [0.15, 0.2) is 0 Å². The number of hydrogen-bond donors (Lipinski definition) is 1. The van der Waals surface area contributed by atoms with Gasteiger partial charge in [-0.3, -0.25) is 0 Å². The summed E-state index contributed by atoms with van der Waals surface area (Å²) in [4.78, 5) is 1.33. The SMILES string of the molecule is CCSc1ccc(CNCCCC#N)cc1. The van der Waals surface area contributed by atoms with E-state index in [9.17, 15) is 0 Å². The van der Waals surface area contributed by atoms with Gasteiger partial charge < -0.3 is 5.32 Å². The molecule has 1 N–H and O–H groups in total. The summed E-state index contributed by atoms with van der Waals surface area (Å²) >= 11 is 1.86. The van der Waals surface area contributed by atoms with E-state index in [0.717, 1.165) is 25.3 Å². The van der Waals surface area contributed by atoms with Crippen molar-refractivity contribution in [2.45, 2.75) is 31.2 Å². The topological polar surface area (TPSA) is 35.8 Å². The molecule has 0 aromatic heterocycles. The molecule has 0 aliphatic rings. The van der Waals surface area contributed by atoms with Crippen molar-refractivity contribution in [3.63, 3.8) is 0 Å². The van der Waals surface area contributed by atoms with Crippen molar-refractivity contribution < 1.29 is 0 Å². The van der Waals surface area contributed by atoms with Crippen molar-refractivity contribution in [1.82, 2.24) is 5.32 Å². The molecule has 0 radical (unpaired) electrons. The number of nitrogens with one attached hydrogen (secondary N) is 1. The van der Waals surface area contributed by atoms with Crippen LogP contribution in [0.4, 0.5) is 0 Å². The maximum absolute atomic E-state index is 8.38. The molecule has 2 nitrogen and oxygen atoms in total. The van der Waals surface area contributed by atoms with Crippen molar-refractivity contribution >= 4 is 11.8 Å². The first-order valence-corrected chi connectivity index (χ1v) is 6.64. The van der Waals surface area contributed by atoms with Gasteiger partial charge in [0.2, 0.25) is 0 Å². The summed E-state index contributed by atoms with van der Waals surface area (Å²) in [6.07, 6.45) is 1.57. The molecule has 0 saturated carbocycles. The minimum absolute atomic E-state index is 0.638. The second kappa shape index (κ2) is 8.20. The predicted molar refractivity (Wildman–Crippen MR) is 69.4 cm³/mol. The fourth-order valence-electron chi connectivity index (χ4n) is 1.40. The zero-order valence-corrected chi connectivity index (χ0v) is 10.5. The Bertz CT molecular complexity index is 327. The van der Waals surface area contributed by atoms with E-state index in [-0.39, 0.29) is 0 Å². The Balaban J connectivity index is 2.24. The van der Waals surface area contributed by atoms with E-state index in [1.807, 2.05) is 11.8 Å². The first-order chi connectivity index (χ1) is 7.86. The molecule has 0 atom stereocenters. The van der Waals surface area contributed by atoms with Crippen LogP contribution in [0.2, 0.25) is 0 Å². The van der Waals surface area contributed by atoms with Gasteiger partial charge in [-0.25, -0.2) is 0 Å². The zero-order valence-electron chi connectivity index (χ0n) is 9.70. The maximum Gasteiger partial charge on any atom is 0.0622 e. The standard InChI is InChI=1S/C13H18N2S/c1-2-16-13-7-5-12(6-8-13)11-15-10-4-3-9-14/h5-8,15H,2-4,10-11H2,1H3. The van der Waals surface area contributed by atoms with Crippen molar-refractivity contribution in [1.29, 1.82) is 5.26 Å². The lowest BCUT2D eigenvalue weighted by atomic mass is 10.2. The predicted octanol–water partition coefficient (Wildman–Crippen LogP) is 3.19. The number of unbranched alkanes of at least 4 members (excludes halogenated alkanes) is 1. The molecular weight excluding hydrogens is 216 g/mol. The van der Waals surface area contributed by atoms with Crippen molar-refractivity contribution in [3.8, 4) is 6.07 Å². The van der Waals surface area contributed by atoms with Gasteiger partial charge >= 0.3 is 0 Å². The summed E-state index contributed by atoms with van der Waals surface area (Å²) in [6.45, 7) is 3.97. The molecule has 86 valence electrons. The lowest BCUT2D eigenvalue weighted by molar-refractivity contribution is 0.657. The Labute approximate surface area is 102 Å². The molecular formula is C13H18N2S. The van der Waals surface area contributed by atoms with Crippen LogP contribution < -0.4 is 5.32 Å². The highest BCUT2D eigenvalue weighted by atomic mass is 32.2. The Morgan fingerprint density at radius 1 is 1.31 bits per heavy atom.